The van der Waals surface area contributed by atoms with Crippen LogP contribution in [0.15, 0.2) is 35.2 Å². The highest BCUT2D eigenvalue weighted by atomic mass is 32.2. The second-order valence-electron chi connectivity index (χ2n) is 7.84. The lowest BCUT2D eigenvalue weighted by molar-refractivity contribution is -0.172. The number of methoxy groups -OCH3 is 2. The Labute approximate surface area is 171 Å². The van der Waals surface area contributed by atoms with Crippen molar-refractivity contribution in [2.24, 2.45) is 11.8 Å². The molecule has 1 aromatic carbocycles. The molecule has 1 fully saturated rings. The number of hydrogen-bond donors (Lipinski definition) is 0. The molecule has 1 aromatic rings. The molecular weight excluding hydrogens is 400 g/mol. The van der Waals surface area contributed by atoms with Gasteiger partial charge in [0.15, 0.2) is 21.5 Å². The van der Waals surface area contributed by atoms with Crippen molar-refractivity contribution in [1.82, 2.24) is 0 Å². The minimum absolute atomic E-state index is 0.00982. The highest BCUT2D eigenvalue weighted by molar-refractivity contribution is 7.92. The Morgan fingerprint density at radius 2 is 1.62 bits per heavy atom. The van der Waals surface area contributed by atoms with Gasteiger partial charge in [0.2, 0.25) is 0 Å². The Hall–Kier alpha value is -1.97. The Bertz CT molecular complexity index is 828. The van der Waals surface area contributed by atoms with Crippen molar-refractivity contribution in [3.8, 4) is 0 Å². The summed E-state index contributed by atoms with van der Waals surface area (Å²) in [5.41, 5.74) is 0. The third kappa shape index (κ3) is 4.46. The summed E-state index contributed by atoms with van der Waals surface area (Å²) in [6, 6.07) is 7.85. The van der Waals surface area contributed by atoms with Gasteiger partial charge >= 0.3 is 11.9 Å². The van der Waals surface area contributed by atoms with Crippen molar-refractivity contribution in [2.75, 3.05) is 20.8 Å². The van der Waals surface area contributed by atoms with E-state index in [9.17, 15) is 18.0 Å². The van der Waals surface area contributed by atoms with Crippen LogP contribution in [0.4, 0.5) is 0 Å². The Morgan fingerprint density at radius 1 is 1.10 bits per heavy atom. The molecule has 1 heterocycles. The zero-order valence-electron chi connectivity index (χ0n) is 17.5. The van der Waals surface area contributed by atoms with Gasteiger partial charge in [0.1, 0.15) is 0 Å². The third-order valence-corrected chi connectivity index (χ3v) is 7.80. The molecule has 2 atom stereocenters. The van der Waals surface area contributed by atoms with Crippen molar-refractivity contribution in [3.05, 3.63) is 30.3 Å². The van der Waals surface area contributed by atoms with E-state index in [4.69, 9.17) is 18.9 Å². The third-order valence-electron chi connectivity index (χ3n) is 5.25. The van der Waals surface area contributed by atoms with Gasteiger partial charge in [0, 0.05) is 5.92 Å². The molecule has 29 heavy (non-hydrogen) atoms. The van der Waals surface area contributed by atoms with Crippen LogP contribution in [-0.4, -0.2) is 57.8 Å². The summed E-state index contributed by atoms with van der Waals surface area (Å²) in [4.78, 5) is 25.2. The van der Waals surface area contributed by atoms with E-state index in [0.717, 1.165) is 14.2 Å². The van der Waals surface area contributed by atoms with Gasteiger partial charge in [0.05, 0.1) is 36.6 Å². The first kappa shape index (κ1) is 23.3. The van der Waals surface area contributed by atoms with Gasteiger partial charge in [-0.2, -0.15) is 0 Å². The number of carbonyl (C=O) groups excluding carboxylic acids is 2. The van der Waals surface area contributed by atoms with Crippen LogP contribution in [-0.2, 0) is 38.4 Å². The van der Waals surface area contributed by atoms with Gasteiger partial charge in [-0.15, -0.1) is 0 Å². The first-order valence-electron chi connectivity index (χ1n) is 9.16. The molecule has 0 amide bonds. The minimum Gasteiger partial charge on any atom is -0.468 e. The van der Waals surface area contributed by atoms with E-state index in [2.05, 4.69) is 0 Å². The molecule has 1 aliphatic heterocycles. The largest absolute Gasteiger partial charge is 0.468 e. The molecule has 0 N–H and O–H groups in total. The summed E-state index contributed by atoms with van der Waals surface area (Å²) in [6.07, 6.45) is -0.860. The van der Waals surface area contributed by atoms with Crippen molar-refractivity contribution in [2.45, 2.75) is 49.2 Å². The molecule has 0 saturated carbocycles. The molecule has 1 saturated heterocycles. The molecule has 162 valence electrons. The van der Waals surface area contributed by atoms with Crippen LogP contribution in [0.1, 0.15) is 27.7 Å². The van der Waals surface area contributed by atoms with Gasteiger partial charge in [-0.25, -0.2) is 8.42 Å². The highest BCUT2D eigenvalue weighted by Crippen LogP contribution is 2.43. The van der Waals surface area contributed by atoms with Crippen LogP contribution in [0, 0.1) is 11.8 Å². The van der Waals surface area contributed by atoms with Crippen LogP contribution in [0.3, 0.4) is 0 Å². The number of benzene rings is 1. The summed E-state index contributed by atoms with van der Waals surface area (Å²) >= 11 is 0. The summed E-state index contributed by atoms with van der Waals surface area (Å²) in [5.74, 6) is -5.43. The minimum atomic E-state index is -3.99. The number of hydrogen-bond acceptors (Lipinski definition) is 8. The van der Waals surface area contributed by atoms with E-state index >= 15 is 0 Å². The molecule has 1 aliphatic rings. The summed E-state index contributed by atoms with van der Waals surface area (Å²) in [7, 11) is -1.73. The highest BCUT2D eigenvalue weighted by Gasteiger charge is 2.57. The molecule has 8 nitrogen and oxygen atoms in total. The average molecular weight is 429 g/mol. The summed E-state index contributed by atoms with van der Waals surface area (Å²) in [5, 5.41) is 0. The van der Waals surface area contributed by atoms with Crippen LogP contribution < -0.4 is 0 Å². The lowest BCUT2D eigenvalue weighted by Gasteiger charge is -2.39. The first-order chi connectivity index (χ1) is 13.4. The number of rotatable bonds is 7. The Balaban J connectivity index is 2.65. The smallest absolute Gasteiger partial charge is 0.320 e. The Kier molecular flexibility index (Phi) is 6.76. The predicted molar refractivity (Wildman–Crippen MR) is 104 cm³/mol. The van der Waals surface area contributed by atoms with Gasteiger partial charge in [-0.1, -0.05) is 18.2 Å². The molecule has 0 radical (unpaired) electrons. The van der Waals surface area contributed by atoms with Crippen molar-refractivity contribution < 1.29 is 37.0 Å². The van der Waals surface area contributed by atoms with E-state index in [1.165, 1.54) is 26.0 Å². The van der Waals surface area contributed by atoms with Crippen molar-refractivity contribution in [3.63, 3.8) is 0 Å². The average Bonchev–Trinajstić information content (AvgIpc) is 3.04. The quantitative estimate of drug-likeness (QED) is 0.479. The molecule has 0 spiro atoms. The van der Waals surface area contributed by atoms with Gasteiger partial charge in [-0.05, 0) is 39.8 Å². The van der Waals surface area contributed by atoms with Crippen LogP contribution in [0.5, 0.6) is 0 Å². The summed E-state index contributed by atoms with van der Waals surface area (Å²) < 4.78 is 46.6. The standard InChI is InChI=1S/C20H28O8S/c1-19(2,29(23,24)13-10-8-7-9-11-13)16(14-12-27-20(3,4)28-14)15(17(21)25-5)18(22)26-6/h7-11,14-16H,12H2,1-6H3/t14-,16+/m0/s1. The zero-order chi connectivity index (χ0) is 22.0. The van der Waals surface area contributed by atoms with Gasteiger partial charge in [0.25, 0.3) is 0 Å². The van der Waals surface area contributed by atoms with Crippen LogP contribution >= 0.6 is 0 Å². The molecule has 0 aliphatic carbocycles. The van der Waals surface area contributed by atoms with E-state index in [-0.39, 0.29) is 11.5 Å². The molecule has 0 unspecified atom stereocenters. The van der Waals surface area contributed by atoms with E-state index in [1.807, 2.05) is 0 Å². The SMILES string of the molecule is COC(=O)C(C(=O)OC)[C@@H]([C@@H]1COC(C)(C)O1)C(C)(C)S(=O)(=O)c1ccccc1. The summed E-state index contributed by atoms with van der Waals surface area (Å²) in [6.45, 7) is 6.29. The monoisotopic (exact) mass is 428 g/mol. The zero-order valence-corrected chi connectivity index (χ0v) is 18.3. The second kappa shape index (κ2) is 8.41. The normalized spacial score (nSPS) is 20.3. The predicted octanol–water partition coefficient (Wildman–Crippen LogP) is 1.97. The Morgan fingerprint density at radius 3 is 2.03 bits per heavy atom. The van der Waals surface area contributed by atoms with Crippen LogP contribution in [0.2, 0.25) is 0 Å². The van der Waals surface area contributed by atoms with E-state index in [0.29, 0.717) is 0 Å². The van der Waals surface area contributed by atoms with Gasteiger partial charge in [-0.3, -0.25) is 9.59 Å². The number of sulfone groups is 1. The lowest BCUT2D eigenvalue weighted by Crippen LogP contribution is -2.54. The second-order valence-corrected chi connectivity index (χ2v) is 10.4. The van der Waals surface area contributed by atoms with Crippen LogP contribution in [0.25, 0.3) is 0 Å². The topological polar surface area (TPSA) is 105 Å². The molecular formula is C20H28O8S. The molecule has 2 rings (SSSR count). The maximum atomic E-state index is 13.5. The molecule has 9 heteroatoms. The maximum Gasteiger partial charge on any atom is 0.320 e. The molecule has 0 bridgehead atoms. The van der Waals surface area contributed by atoms with E-state index < -0.39 is 50.2 Å². The number of carbonyl (C=O) groups is 2. The van der Waals surface area contributed by atoms with Crippen molar-refractivity contribution >= 4 is 21.8 Å². The molecule has 0 aromatic heterocycles. The number of esters is 2. The fraction of sp³-hybridized carbons (Fsp3) is 0.600. The fourth-order valence-electron chi connectivity index (χ4n) is 3.68. The first-order valence-corrected chi connectivity index (χ1v) is 10.6. The lowest BCUT2D eigenvalue weighted by atomic mass is 9.78. The van der Waals surface area contributed by atoms with E-state index in [1.54, 1.807) is 32.0 Å². The number of ether oxygens (including phenoxy) is 4. The van der Waals surface area contributed by atoms with Gasteiger partial charge < -0.3 is 18.9 Å². The van der Waals surface area contributed by atoms with Crippen molar-refractivity contribution in [1.29, 1.82) is 0 Å². The fourth-order valence-corrected chi connectivity index (χ4v) is 5.45. The maximum absolute atomic E-state index is 13.5.